The molecular formula is C29H33NO6. The Kier molecular flexibility index (Phi) is 8.04. The first kappa shape index (κ1) is 25.8. The lowest BCUT2D eigenvalue weighted by Gasteiger charge is -2.36. The fraction of sp³-hybridized carbons (Fsp3) is 0.379. The van der Waals surface area contributed by atoms with Gasteiger partial charge in [0, 0.05) is 5.92 Å². The number of hydrogen-bond donors (Lipinski definition) is 4. The molecule has 0 unspecified atom stereocenters. The summed E-state index contributed by atoms with van der Waals surface area (Å²) in [6, 6.07) is 15.6. The van der Waals surface area contributed by atoms with Crippen molar-refractivity contribution in [2.45, 2.75) is 38.7 Å². The summed E-state index contributed by atoms with van der Waals surface area (Å²) in [5, 5.41) is 41.4. The van der Waals surface area contributed by atoms with Gasteiger partial charge in [-0.05, 0) is 66.7 Å². The van der Waals surface area contributed by atoms with Crippen molar-refractivity contribution >= 4 is 23.6 Å². The van der Waals surface area contributed by atoms with Crippen LogP contribution in [0.3, 0.4) is 0 Å². The van der Waals surface area contributed by atoms with Crippen LogP contribution in [0.15, 0.2) is 71.3 Å². The Morgan fingerprint density at radius 1 is 1.08 bits per heavy atom. The van der Waals surface area contributed by atoms with Crippen molar-refractivity contribution in [3.05, 3.63) is 76.9 Å². The highest BCUT2D eigenvalue weighted by atomic mass is 16.3. The molecule has 1 aliphatic heterocycles. The summed E-state index contributed by atoms with van der Waals surface area (Å²) in [6.45, 7) is 1.26. The largest absolute Gasteiger partial charge is 0.508 e. The fourth-order valence-electron chi connectivity index (χ4n) is 5.62. The number of phenolic OH excluding ortho intramolecular Hbond substituents is 1. The second-order valence-corrected chi connectivity index (χ2v) is 9.50. The minimum Gasteiger partial charge on any atom is -0.508 e. The Morgan fingerprint density at radius 2 is 1.83 bits per heavy atom. The van der Waals surface area contributed by atoms with Crippen LogP contribution in [0.4, 0.5) is 5.69 Å². The fourth-order valence-corrected chi connectivity index (χ4v) is 5.62. The van der Waals surface area contributed by atoms with Gasteiger partial charge in [-0.15, -0.1) is 0 Å². The second kappa shape index (κ2) is 11.2. The van der Waals surface area contributed by atoms with Crippen molar-refractivity contribution in [2.75, 3.05) is 18.1 Å². The number of carbonyl (C=O) groups excluding carboxylic acids is 2. The molecule has 36 heavy (non-hydrogen) atoms. The highest BCUT2D eigenvalue weighted by molar-refractivity contribution is 6.22. The van der Waals surface area contributed by atoms with E-state index in [0.29, 0.717) is 29.7 Å². The standard InChI is InChI=1S/C29H33NO6/c1-2-18(13-19-7-6-10-22(33)14-19)11-12-25(34)26-20(16-31)15-23-27(24(26)17-32)29(36)30(28(23)35)21-8-4-3-5-9-21/h3-10,13-14,23-25,27,31-34H,2,11-12,15-17H2,1H3/b18-13+/t23-,24+,25-,27-/m1/s1. The molecule has 2 aliphatic rings. The van der Waals surface area contributed by atoms with E-state index >= 15 is 0 Å². The molecule has 1 heterocycles. The number of benzene rings is 2. The first-order valence-electron chi connectivity index (χ1n) is 12.4. The molecule has 4 atom stereocenters. The topological polar surface area (TPSA) is 118 Å². The smallest absolute Gasteiger partial charge is 0.238 e. The monoisotopic (exact) mass is 491 g/mol. The lowest BCUT2D eigenvalue weighted by Crippen LogP contribution is -2.39. The summed E-state index contributed by atoms with van der Waals surface area (Å²) < 4.78 is 0. The van der Waals surface area contributed by atoms with Gasteiger partial charge >= 0.3 is 0 Å². The summed E-state index contributed by atoms with van der Waals surface area (Å²) in [5.41, 5.74) is 3.42. The molecular weight excluding hydrogens is 458 g/mol. The van der Waals surface area contributed by atoms with Gasteiger partial charge in [-0.25, -0.2) is 0 Å². The zero-order valence-electron chi connectivity index (χ0n) is 20.4. The van der Waals surface area contributed by atoms with Crippen molar-refractivity contribution in [3.63, 3.8) is 0 Å². The number of aliphatic hydroxyl groups excluding tert-OH is 3. The molecule has 1 saturated heterocycles. The Labute approximate surface area is 211 Å². The highest BCUT2D eigenvalue weighted by Crippen LogP contribution is 2.47. The third kappa shape index (κ3) is 5.00. The second-order valence-electron chi connectivity index (χ2n) is 9.50. The van der Waals surface area contributed by atoms with Crippen LogP contribution in [0, 0.1) is 17.8 Å². The van der Waals surface area contributed by atoms with Crippen LogP contribution in [0.2, 0.25) is 0 Å². The molecule has 7 nitrogen and oxygen atoms in total. The molecule has 0 spiro atoms. The van der Waals surface area contributed by atoms with Gasteiger partial charge in [0.2, 0.25) is 11.8 Å². The van der Waals surface area contributed by atoms with Gasteiger partial charge < -0.3 is 20.4 Å². The van der Waals surface area contributed by atoms with E-state index in [4.69, 9.17) is 0 Å². The van der Waals surface area contributed by atoms with E-state index in [1.165, 1.54) is 4.90 Å². The predicted octanol–water partition coefficient (Wildman–Crippen LogP) is 3.43. The number of nitrogens with zero attached hydrogens (tertiary/aromatic N) is 1. The van der Waals surface area contributed by atoms with Gasteiger partial charge in [-0.3, -0.25) is 14.5 Å². The van der Waals surface area contributed by atoms with Gasteiger partial charge in [0.05, 0.1) is 36.8 Å². The number of hydrogen-bond acceptors (Lipinski definition) is 6. The van der Waals surface area contributed by atoms with Crippen LogP contribution >= 0.6 is 0 Å². The number of aliphatic hydroxyl groups is 3. The van der Waals surface area contributed by atoms with E-state index in [1.54, 1.807) is 48.5 Å². The van der Waals surface area contributed by atoms with Crippen molar-refractivity contribution in [1.29, 1.82) is 0 Å². The lowest BCUT2D eigenvalue weighted by molar-refractivity contribution is -0.123. The van der Waals surface area contributed by atoms with E-state index in [2.05, 4.69) is 0 Å². The predicted molar refractivity (Wildman–Crippen MR) is 137 cm³/mol. The number of amides is 2. The number of phenols is 1. The molecule has 1 aliphatic carbocycles. The summed E-state index contributed by atoms with van der Waals surface area (Å²) in [4.78, 5) is 27.8. The molecule has 2 aromatic carbocycles. The van der Waals surface area contributed by atoms with E-state index < -0.39 is 30.5 Å². The van der Waals surface area contributed by atoms with Gasteiger partial charge in [0.1, 0.15) is 5.75 Å². The van der Waals surface area contributed by atoms with E-state index in [1.807, 2.05) is 19.1 Å². The maximum atomic E-state index is 13.4. The molecule has 2 amide bonds. The summed E-state index contributed by atoms with van der Waals surface area (Å²) in [5.74, 6) is -2.74. The molecule has 4 N–H and O–H groups in total. The number of fused-ring (bicyclic) bond motifs is 1. The van der Waals surface area contributed by atoms with Crippen LogP contribution in [0.1, 0.15) is 38.2 Å². The van der Waals surface area contributed by atoms with Crippen molar-refractivity contribution in [1.82, 2.24) is 0 Å². The number of imide groups is 1. The molecule has 0 aromatic heterocycles. The normalized spacial score (nSPS) is 23.3. The minimum atomic E-state index is -0.974. The summed E-state index contributed by atoms with van der Waals surface area (Å²) >= 11 is 0. The van der Waals surface area contributed by atoms with Crippen LogP contribution < -0.4 is 4.90 Å². The number of aromatic hydroxyl groups is 1. The van der Waals surface area contributed by atoms with Crippen LogP contribution in [0.25, 0.3) is 6.08 Å². The molecule has 4 rings (SSSR count). The average Bonchev–Trinajstić information content (AvgIpc) is 3.14. The van der Waals surface area contributed by atoms with Gasteiger partial charge in [0.15, 0.2) is 0 Å². The van der Waals surface area contributed by atoms with E-state index in [0.717, 1.165) is 17.6 Å². The van der Waals surface area contributed by atoms with Crippen LogP contribution in [-0.2, 0) is 9.59 Å². The first-order chi connectivity index (χ1) is 17.4. The highest BCUT2D eigenvalue weighted by Gasteiger charge is 2.55. The number of allylic oxidation sites excluding steroid dienone is 1. The summed E-state index contributed by atoms with van der Waals surface area (Å²) in [6.07, 6.45) is 2.84. The third-order valence-corrected chi connectivity index (χ3v) is 7.38. The molecule has 0 radical (unpaired) electrons. The Morgan fingerprint density at radius 3 is 2.47 bits per heavy atom. The molecule has 7 heteroatoms. The molecule has 1 fully saturated rings. The Hall–Kier alpha value is -3.26. The Bertz CT molecular complexity index is 1170. The number of para-hydroxylation sites is 1. The quantitative estimate of drug-likeness (QED) is 0.315. The van der Waals surface area contributed by atoms with Crippen LogP contribution in [-0.4, -0.2) is 51.6 Å². The maximum Gasteiger partial charge on any atom is 0.238 e. The van der Waals surface area contributed by atoms with E-state index in [9.17, 15) is 30.0 Å². The van der Waals surface area contributed by atoms with Gasteiger partial charge in [-0.2, -0.15) is 0 Å². The SMILES string of the molecule is CC/C(=C\c1cccc(O)c1)CC[C@@H](O)C1=C(CO)C[C@H]2C(=O)N(c3ccccc3)C(=O)[C@H]2[C@H]1CO. The third-order valence-electron chi connectivity index (χ3n) is 7.38. The maximum absolute atomic E-state index is 13.4. The van der Waals surface area contributed by atoms with Crippen molar-refractivity contribution in [3.8, 4) is 5.75 Å². The minimum absolute atomic E-state index is 0.178. The van der Waals surface area contributed by atoms with Crippen molar-refractivity contribution in [2.24, 2.45) is 17.8 Å². The van der Waals surface area contributed by atoms with Crippen molar-refractivity contribution < 1.29 is 30.0 Å². The average molecular weight is 492 g/mol. The number of rotatable bonds is 9. The van der Waals surface area contributed by atoms with Gasteiger partial charge in [0.25, 0.3) is 0 Å². The molecule has 0 saturated carbocycles. The zero-order chi connectivity index (χ0) is 25.8. The molecule has 190 valence electrons. The van der Waals surface area contributed by atoms with E-state index in [-0.39, 0.29) is 30.6 Å². The van der Waals surface area contributed by atoms with Crippen LogP contribution in [0.5, 0.6) is 5.75 Å². The van der Waals surface area contributed by atoms with Gasteiger partial charge in [-0.1, -0.05) is 48.9 Å². The lowest BCUT2D eigenvalue weighted by atomic mass is 9.68. The molecule has 2 aromatic rings. The number of anilines is 1. The first-order valence-corrected chi connectivity index (χ1v) is 12.4. The Balaban J connectivity index is 1.57. The number of carbonyl (C=O) groups is 2. The summed E-state index contributed by atoms with van der Waals surface area (Å²) in [7, 11) is 0. The molecule has 0 bridgehead atoms. The zero-order valence-corrected chi connectivity index (χ0v) is 20.4.